The van der Waals surface area contributed by atoms with Gasteiger partial charge in [0.25, 0.3) is 0 Å². The van der Waals surface area contributed by atoms with E-state index in [9.17, 15) is 4.39 Å². The molecule has 0 atom stereocenters. The summed E-state index contributed by atoms with van der Waals surface area (Å²) >= 11 is 4.82. The maximum Gasteiger partial charge on any atom is 0.161 e. The van der Waals surface area contributed by atoms with Crippen LogP contribution < -0.4 is 15.2 Å². The lowest BCUT2D eigenvalue weighted by Gasteiger charge is -2.12. The molecule has 0 aliphatic carbocycles. The van der Waals surface area contributed by atoms with Gasteiger partial charge in [-0.3, -0.25) is 0 Å². The molecule has 0 aliphatic rings. The van der Waals surface area contributed by atoms with Gasteiger partial charge in [0.15, 0.2) is 11.5 Å². The van der Waals surface area contributed by atoms with Gasteiger partial charge >= 0.3 is 0 Å². The molecule has 0 fully saturated rings. The van der Waals surface area contributed by atoms with Gasteiger partial charge in [-0.15, -0.1) is 0 Å². The Balaban J connectivity index is 2.13. The molecule has 2 aromatic rings. The summed E-state index contributed by atoms with van der Waals surface area (Å²) in [5, 5.41) is 0. The average Bonchev–Trinajstić information content (AvgIpc) is 2.47. The highest BCUT2D eigenvalue weighted by Crippen LogP contribution is 2.27. The Labute approximate surface area is 128 Å². The zero-order valence-electron chi connectivity index (χ0n) is 11.6. The molecule has 5 heteroatoms. The Morgan fingerprint density at radius 1 is 1.14 bits per heavy atom. The van der Waals surface area contributed by atoms with E-state index in [0.717, 1.165) is 5.56 Å². The molecule has 2 rings (SSSR count). The topological polar surface area (TPSA) is 44.5 Å². The zero-order chi connectivity index (χ0) is 15.2. The minimum absolute atomic E-state index is 0.0315. The van der Waals surface area contributed by atoms with Crippen LogP contribution in [0.4, 0.5) is 4.39 Å². The van der Waals surface area contributed by atoms with Gasteiger partial charge in [-0.1, -0.05) is 30.4 Å². The molecular formula is C16H16FNO2S. The third kappa shape index (κ3) is 3.92. The number of hydrogen-bond donors (Lipinski definition) is 1. The lowest BCUT2D eigenvalue weighted by molar-refractivity contribution is 0.269. The normalized spacial score (nSPS) is 10.2. The third-order valence-corrected chi connectivity index (χ3v) is 3.06. The van der Waals surface area contributed by atoms with E-state index in [1.165, 1.54) is 6.07 Å². The lowest BCUT2D eigenvalue weighted by Crippen LogP contribution is -2.12. The van der Waals surface area contributed by atoms with Crippen LogP contribution >= 0.6 is 12.2 Å². The summed E-state index contributed by atoms with van der Waals surface area (Å²) in [4.78, 5) is 0.0315. The van der Waals surface area contributed by atoms with Crippen LogP contribution in [0.5, 0.6) is 11.5 Å². The molecule has 0 aromatic heterocycles. The Hall–Kier alpha value is -2.14. The second-order valence-electron chi connectivity index (χ2n) is 4.35. The van der Waals surface area contributed by atoms with Crippen LogP contribution in [-0.4, -0.2) is 11.6 Å². The van der Waals surface area contributed by atoms with Gasteiger partial charge in [0.1, 0.15) is 17.4 Å². The van der Waals surface area contributed by atoms with Crippen molar-refractivity contribution in [3.8, 4) is 11.5 Å². The number of hydrogen-bond acceptors (Lipinski definition) is 3. The van der Waals surface area contributed by atoms with Crippen LogP contribution in [-0.2, 0) is 6.61 Å². The average molecular weight is 305 g/mol. The second kappa shape index (κ2) is 7.04. The number of nitrogens with two attached hydrogens (primary N) is 1. The molecule has 21 heavy (non-hydrogen) atoms. The van der Waals surface area contributed by atoms with Gasteiger partial charge in [-0.05, 0) is 36.8 Å². The third-order valence-electron chi connectivity index (χ3n) is 2.84. The largest absolute Gasteiger partial charge is 0.490 e. The Morgan fingerprint density at radius 2 is 1.81 bits per heavy atom. The summed E-state index contributed by atoms with van der Waals surface area (Å²) in [6.07, 6.45) is 0. The summed E-state index contributed by atoms with van der Waals surface area (Å²) in [7, 11) is 0. The maximum atomic E-state index is 13.5. The van der Waals surface area contributed by atoms with Gasteiger partial charge in [0, 0.05) is 5.56 Å². The van der Waals surface area contributed by atoms with E-state index >= 15 is 0 Å². The molecule has 0 unspecified atom stereocenters. The Kier molecular flexibility index (Phi) is 5.11. The van der Waals surface area contributed by atoms with Crippen molar-refractivity contribution in [1.29, 1.82) is 0 Å². The first-order chi connectivity index (χ1) is 10.1. The molecular weight excluding hydrogens is 289 g/mol. The molecule has 0 radical (unpaired) electrons. The van der Waals surface area contributed by atoms with Crippen molar-refractivity contribution in [1.82, 2.24) is 0 Å². The summed E-state index contributed by atoms with van der Waals surface area (Å²) in [6, 6.07) is 12.0. The van der Waals surface area contributed by atoms with Crippen LogP contribution in [0.25, 0.3) is 0 Å². The predicted octanol–water partition coefficient (Wildman–Crippen LogP) is 3.44. The van der Waals surface area contributed by atoms with Gasteiger partial charge < -0.3 is 15.2 Å². The van der Waals surface area contributed by atoms with E-state index in [4.69, 9.17) is 27.4 Å². The van der Waals surface area contributed by atoms with Crippen LogP contribution in [0.1, 0.15) is 18.1 Å². The molecule has 110 valence electrons. The fourth-order valence-corrected chi connectivity index (χ4v) is 2.01. The predicted molar refractivity (Wildman–Crippen MR) is 84.2 cm³/mol. The van der Waals surface area contributed by atoms with Gasteiger partial charge in [-0.2, -0.15) is 0 Å². The van der Waals surface area contributed by atoms with E-state index in [0.29, 0.717) is 18.1 Å². The molecule has 3 nitrogen and oxygen atoms in total. The van der Waals surface area contributed by atoms with E-state index in [2.05, 4.69) is 0 Å². The lowest BCUT2D eigenvalue weighted by atomic mass is 10.1. The summed E-state index contributed by atoms with van der Waals surface area (Å²) in [5.41, 5.74) is 6.49. The van der Waals surface area contributed by atoms with Crippen molar-refractivity contribution >= 4 is 17.2 Å². The maximum absolute atomic E-state index is 13.5. The van der Waals surface area contributed by atoms with Crippen molar-refractivity contribution in [2.75, 3.05) is 6.61 Å². The van der Waals surface area contributed by atoms with Crippen molar-refractivity contribution in [3.05, 3.63) is 59.4 Å². The Morgan fingerprint density at radius 3 is 2.43 bits per heavy atom. The first kappa shape index (κ1) is 15.3. The summed E-state index contributed by atoms with van der Waals surface area (Å²) in [6.45, 7) is 2.74. The van der Waals surface area contributed by atoms with Crippen molar-refractivity contribution in [2.45, 2.75) is 13.5 Å². The molecule has 0 saturated carbocycles. The fraction of sp³-hybridized carbons (Fsp3) is 0.188. The minimum Gasteiger partial charge on any atom is -0.490 e. The number of rotatable bonds is 6. The molecule has 0 saturated heterocycles. The SMILES string of the molecule is CCOc1ccccc1OCc1ccc(F)c(C(N)=S)c1. The van der Waals surface area contributed by atoms with Gasteiger partial charge in [-0.25, -0.2) is 4.39 Å². The zero-order valence-corrected chi connectivity index (χ0v) is 12.5. The summed E-state index contributed by atoms with van der Waals surface area (Å²) in [5.74, 6) is 0.887. The van der Waals surface area contributed by atoms with Crippen LogP contribution in [0.2, 0.25) is 0 Å². The van der Waals surface area contributed by atoms with Crippen molar-refractivity contribution in [3.63, 3.8) is 0 Å². The molecule has 0 heterocycles. The number of benzene rings is 2. The van der Waals surface area contributed by atoms with Crippen LogP contribution in [0.15, 0.2) is 42.5 Å². The number of halogens is 1. The molecule has 2 N–H and O–H groups in total. The number of ether oxygens (including phenoxy) is 2. The monoisotopic (exact) mass is 305 g/mol. The highest BCUT2D eigenvalue weighted by molar-refractivity contribution is 7.80. The molecule has 0 spiro atoms. The van der Waals surface area contributed by atoms with Gasteiger partial charge in [0.2, 0.25) is 0 Å². The first-order valence-electron chi connectivity index (χ1n) is 6.54. The highest BCUT2D eigenvalue weighted by atomic mass is 32.1. The number of thiocarbonyl (C=S) groups is 1. The van der Waals surface area contributed by atoms with Crippen molar-refractivity contribution < 1.29 is 13.9 Å². The summed E-state index contributed by atoms with van der Waals surface area (Å²) < 4.78 is 24.7. The first-order valence-corrected chi connectivity index (χ1v) is 6.95. The molecule has 0 bridgehead atoms. The van der Waals surface area contributed by atoms with E-state index < -0.39 is 5.82 Å². The Bertz CT molecular complexity index is 646. The van der Waals surface area contributed by atoms with Crippen LogP contribution in [0.3, 0.4) is 0 Å². The molecule has 0 aliphatic heterocycles. The second-order valence-corrected chi connectivity index (χ2v) is 4.79. The molecule has 2 aromatic carbocycles. The smallest absolute Gasteiger partial charge is 0.161 e. The standard InChI is InChI=1S/C16H16FNO2S/c1-2-19-14-5-3-4-6-15(14)20-10-11-7-8-13(17)12(9-11)16(18)21/h3-9H,2,10H2,1H3,(H2,18,21). The van der Waals surface area contributed by atoms with Crippen molar-refractivity contribution in [2.24, 2.45) is 5.73 Å². The highest BCUT2D eigenvalue weighted by Gasteiger charge is 2.08. The van der Waals surface area contributed by atoms with E-state index in [1.807, 2.05) is 31.2 Å². The fourth-order valence-electron chi connectivity index (χ4n) is 1.86. The minimum atomic E-state index is -0.430. The van der Waals surface area contributed by atoms with Gasteiger partial charge in [0.05, 0.1) is 6.61 Å². The van der Waals surface area contributed by atoms with Crippen LogP contribution in [0, 0.1) is 5.82 Å². The quantitative estimate of drug-likeness (QED) is 0.830. The van der Waals surface area contributed by atoms with E-state index in [1.54, 1.807) is 12.1 Å². The van der Waals surface area contributed by atoms with E-state index in [-0.39, 0.29) is 17.2 Å². The number of para-hydroxylation sites is 2. The molecule has 0 amide bonds.